The first-order chi connectivity index (χ1) is 7.33. The number of anilines is 1. The number of carbonyl (C=O) groups is 1. The summed E-state index contributed by atoms with van der Waals surface area (Å²) in [5, 5.41) is 12.8. The van der Waals surface area contributed by atoms with Gasteiger partial charge in [-0.05, 0) is 6.07 Å². The summed E-state index contributed by atoms with van der Waals surface area (Å²) in [6, 6.07) is 1.33. The van der Waals surface area contributed by atoms with Crippen molar-refractivity contribution >= 4 is 28.9 Å². The quantitative estimate of drug-likeness (QED) is 0.683. The SMILES string of the molecule is CC1(C)CC(=O)Nc2c(Cl)cc([NH])c(O)c21. The fourth-order valence-corrected chi connectivity index (χ4v) is 2.35. The van der Waals surface area contributed by atoms with Crippen molar-refractivity contribution in [1.29, 1.82) is 0 Å². The lowest BCUT2D eigenvalue weighted by molar-refractivity contribution is -0.117. The first kappa shape index (κ1) is 11.1. The zero-order valence-electron chi connectivity index (χ0n) is 9.02. The maximum absolute atomic E-state index is 11.5. The predicted octanol–water partition coefficient (Wildman–Crippen LogP) is 2.58. The maximum Gasteiger partial charge on any atom is 0.225 e. The molecule has 0 spiro atoms. The second-order valence-electron chi connectivity index (χ2n) is 4.61. The van der Waals surface area contributed by atoms with Crippen molar-refractivity contribution in [3.63, 3.8) is 0 Å². The van der Waals surface area contributed by atoms with E-state index in [1.165, 1.54) is 6.07 Å². The molecule has 1 aliphatic rings. The Morgan fingerprint density at radius 1 is 1.56 bits per heavy atom. The van der Waals surface area contributed by atoms with Crippen LogP contribution in [0.2, 0.25) is 5.02 Å². The Hall–Kier alpha value is -1.42. The molecule has 0 saturated heterocycles. The third kappa shape index (κ3) is 1.50. The smallest absolute Gasteiger partial charge is 0.225 e. The number of hydrogen-bond donors (Lipinski definition) is 2. The molecule has 0 unspecified atom stereocenters. The van der Waals surface area contributed by atoms with E-state index >= 15 is 0 Å². The van der Waals surface area contributed by atoms with Crippen LogP contribution < -0.4 is 11.1 Å². The molecule has 1 aromatic rings. The van der Waals surface area contributed by atoms with E-state index in [0.29, 0.717) is 16.3 Å². The van der Waals surface area contributed by atoms with E-state index < -0.39 is 5.41 Å². The fraction of sp³-hybridized carbons (Fsp3) is 0.364. The standard InChI is InChI=1S/C11H12ClN2O2/c1-11(2)4-7(15)14-9-5(12)3-6(13)10(16)8(9)11/h3,13,16H,4H2,1-2H3,(H,14,15). The highest BCUT2D eigenvalue weighted by Gasteiger charge is 2.36. The van der Waals surface area contributed by atoms with E-state index in [1.807, 2.05) is 13.8 Å². The van der Waals surface area contributed by atoms with Gasteiger partial charge in [0.1, 0.15) is 5.75 Å². The average Bonchev–Trinajstić information content (AvgIpc) is 2.11. The van der Waals surface area contributed by atoms with Crippen molar-refractivity contribution < 1.29 is 9.90 Å². The normalized spacial score (nSPS) is 17.8. The molecule has 1 heterocycles. The first-order valence-electron chi connectivity index (χ1n) is 4.90. The maximum atomic E-state index is 11.5. The van der Waals surface area contributed by atoms with Crippen LogP contribution in [0.4, 0.5) is 11.4 Å². The van der Waals surface area contributed by atoms with Crippen LogP contribution in [0, 0.1) is 0 Å². The molecule has 3 N–H and O–H groups in total. The van der Waals surface area contributed by atoms with Crippen molar-refractivity contribution in [2.45, 2.75) is 25.7 Å². The van der Waals surface area contributed by atoms with Gasteiger partial charge in [-0.3, -0.25) is 10.5 Å². The van der Waals surface area contributed by atoms with Crippen LogP contribution >= 0.6 is 11.6 Å². The molecule has 5 heteroatoms. The lowest BCUT2D eigenvalue weighted by atomic mass is 9.77. The summed E-state index contributed by atoms with van der Waals surface area (Å²) in [5.41, 5.74) is 8.02. The van der Waals surface area contributed by atoms with Crippen molar-refractivity contribution in [3.8, 4) is 5.75 Å². The molecule has 1 radical (unpaired) electrons. The Kier molecular flexibility index (Phi) is 2.27. The molecule has 1 aromatic carbocycles. The molecule has 16 heavy (non-hydrogen) atoms. The van der Waals surface area contributed by atoms with Crippen LogP contribution in [0.3, 0.4) is 0 Å². The van der Waals surface area contributed by atoms with Gasteiger partial charge >= 0.3 is 0 Å². The zero-order valence-corrected chi connectivity index (χ0v) is 9.77. The van der Waals surface area contributed by atoms with E-state index in [-0.39, 0.29) is 23.8 Å². The number of nitrogens with one attached hydrogen (secondary N) is 2. The molecular weight excluding hydrogens is 228 g/mol. The summed E-state index contributed by atoms with van der Waals surface area (Å²) >= 11 is 5.97. The summed E-state index contributed by atoms with van der Waals surface area (Å²) in [7, 11) is 0. The van der Waals surface area contributed by atoms with Crippen LogP contribution in [-0.4, -0.2) is 11.0 Å². The molecule has 1 amide bonds. The Morgan fingerprint density at radius 3 is 2.81 bits per heavy atom. The number of carbonyl (C=O) groups excluding carboxylic acids is 1. The number of fused-ring (bicyclic) bond motifs is 1. The second kappa shape index (κ2) is 3.28. The number of aromatic hydroxyl groups is 1. The number of phenolic OH excluding ortho intramolecular Hbond substituents is 1. The van der Waals surface area contributed by atoms with E-state index in [2.05, 4.69) is 5.32 Å². The topological polar surface area (TPSA) is 73.1 Å². The van der Waals surface area contributed by atoms with Gasteiger partial charge < -0.3 is 10.4 Å². The van der Waals surface area contributed by atoms with Gasteiger partial charge in [-0.25, -0.2) is 0 Å². The predicted molar refractivity (Wildman–Crippen MR) is 62.1 cm³/mol. The Balaban J connectivity index is 2.77. The number of halogens is 1. The van der Waals surface area contributed by atoms with Crippen molar-refractivity contribution in [3.05, 3.63) is 16.7 Å². The zero-order chi connectivity index (χ0) is 12.1. The van der Waals surface area contributed by atoms with Crippen LogP contribution in [0.15, 0.2) is 6.07 Å². The lowest BCUT2D eigenvalue weighted by Crippen LogP contribution is -2.32. The molecule has 0 aromatic heterocycles. The Labute approximate surface area is 98.4 Å². The minimum atomic E-state index is -0.511. The molecule has 0 bridgehead atoms. The number of hydrogen-bond acceptors (Lipinski definition) is 2. The second-order valence-corrected chi connectivity index (χ2v) is 5.02. The molecule has 0 saturated carbocycles. The number of benzene rings is 1. The van der Waals surface area contributed by atoms with Gasteiger partial charge in [-0.15, -0.1) is 0 Å². The van der Waals surface area contributed by atoms with Gasteiger partial charge in [-0.1, -0.05) is 25.4 Å². The van der Waals surface area contributed by atoms with E-state index in [9.17, 15) is 9.90 Å². The molecular formula is C11H12ClN2O2. The summed E-state index contributed by atoms with van der Waals surface area (Å²) in [5.74, 6) is -0.235. The van der Waals surface area contributed by atoms with Crippen molar-refractivity contribution in [2.75, 3.05) is 5.32 Å². The highest BCUT2D eigenvalue weighted by molar-refractivity contribution is 6.34. The van der Waals surface area contributed by atoms with E-state index in [0.717, 1.165) is 0 Å². The number of amides is 1. The first-order valence-corrected chi connectivity index (χ1v) is 5.28. The Bertz CT molecular complexity index is 483. The van der Waals surface area contributed by atoms with Gasteiger partial charge in [-0.2, -0.15) is 0 Å². The fourth-order valence-electron chi connectivity index (χ4n) is 2.09. The highest BCUT2D eigenvalue weighted by Crippen LogP contribution is 2.48. The monoisotopic (exact) mass is 239 g/mol. The highest BCUT2D eigenvalue weighted by atomic mass is 35.5. The molecule has 0 fully saturated rings. The van der Waals surface area contributed by atoms with Gasteiger partial charge in [0.25, 0.3) is 0 Å². The molecule has 1 aliphatic heterocycles. The number of phenols is 1. The minimum Gasteiger partial charge on any atom is -0.505 e. The Morgan fingerprint density at radius 2 is 2.19 bits per heavy atom. The molecule has 85 valence electrons. The van der Waals surface area contributed by atoms with E-state index in [1.54, 1.807) is 0 Å². The molecule has 0 atom stereocenters. The third-order valence-electron chi connectivity index (χ3n) is 2.80. The average molecular weight is 240 g/mol. The van der Waals surface area contributed by atoms with Crippen LogP contribution in [0.25, 0.3) is 0 Å². The summed E-state index contributed by atoms with van der Waals surface area (Å²) in [4.78, 5) is 11.5. The van der Waals surface area contributed by atoms with Crippen LogP contribution in [0.1, 0.15) is 25.8 Å². The van der Waals surface area contributed by atoms with Gasteiger partial charge in [0.2, 0.25) is 5.91 Å². The molecule has 2 rings (SSSR count). The van der Waals surface area contributed by atoms with Crippen molar-refractivity contribution in [2.24, 2.45) is 0 Å². The van der Waals surface area contributed by atoms with Gasteiger partial charge in [0.05, 0.1) is 16.4 Å². The minimum absolute atomic E-state index is 0.0204. The molecule has 0 aliphatic carbocycles. The summed E-state index contributed by atoms with van der Waals surface area (Å²) in [6.45, 7) is 3.69. The lowest BCUT2D eigenvalue weighted by Gasteiger charge is -2.33. The van der Waals surface area contributed by atoms with Crippen molar-refractivity contribution in [1.82, 2.24) is 5.73 Å². The summed E-state index contributed by atoms with van der Waals surface area (Å²) < 4.78 is 0. The molecule has 4 nitrogen and oxygen atoms in total. The van der Waals surface area contributed by atoms with Crippen LogP contribution in [0.5, 0.6) is 5.75 Å². The van der Waals surface area contributed by atoms with Gasteiger partial charge in [0, 0.05) is 17.4 Å². The summed E-state index contributed by atoms with van der Waals surface area (Å²) in [6.07, 6.45) is 0.271. The van der Waals surface area contributed by atoms with Gasteiger partial charge in [0.15, 0.2) is 0 Å². The third-order valence-corrected chi connectivity index (χ3v) is 3.09. The largest absolute Gasteiger partial charge is 0.505 e. The number of rotatable bonds is 0. The van der Waals surface area contributed by atoms with Crippen LogP contribution in [-0.2, 0) is 10.2 Å². The van der Waals surface area contributed by atoms with E-state index in [4.69, 9.17) is 17.3 Å².